The van der Waals surface area contributed by atoms with Gasteiger partial charge in [-0.1, -0.05) is 29.4 Å². The summed E-state index contributed by atoms with van der Waals surface area (Å²) < 4.78 is 5.20. The van der Waals surface area contributed by atoms with Gasteiger partial charge in [0.2, 0.25) is 0 Å². The molecule has 6 nitrogen and oxygen atoms in total. The second-order valence-electron chi connectivity index (χ2n) is 7.83. The van der Waals surface area contributed by atoms with Crippen molar-refractivity contribution in [2.45, 2.75) is 84.5 Å². The van der Waals surface area contributed by atoms with Crippen LogP contribution in [0.25, 0.3) is 0 Å². The Labute approximate surface area is 169 Å². The number of aliphatic hydroxyl groups excluding tert-OH is 3. The molecule has 0 radical (unpaired) electrons. The molecule has 0 saturated carbocycles. The van der Waals surface area contributed by atoms with E-state index in [2.05, 4.69) is 19.1 Å². The van der Waals surface area contributed by atoms with E-state index >= 15 is 0 Å². The van der Waals surface area contributed by atoms with E-state index in [-0.39, 0.29) is 13.2 Å². The number of ether oxygens (including phenoxy) is 1. The molecule has 0 aliphatic rings. The third-order valence-corrected chi connectivity index (χ3v) is 4.49. The average molecular weight is 399 g/mol. The van der Waals surface area contributed by atoms with Crippen molar-refractivity contribution in [1.82, 2.24) is 0 Å². The molecule has 0 rings (SSSR count). The molecule has 2 atom stereocenters. The van der Waals surface area contributed by atoms with E-state index in [1.807, 2.05) is 6.92 Å². The minimum absolute atomic E-state index is 0.0324. The highest BCUT2D eigenvalue weighted by Crippen LogP contribution is 2.21. The number of aliphatic hydroxyl groups is 4. The number of carbonyl (C=O) groups is 1. The zero-order valence-electron chi connectivity index (χ0n) is 17.9. The molecule has 0 aromatic heterocycles. The van der Waals surface area contributed by atoms with Gasteiger partial charge in [0.05, 0.1) is 18.8 Å². The van der Waals surface area contributed by atoms with Gasteiger partial charge < -0.3 is 25.2 Å². The molecule has 0 fully saturated rings. The Morgan fingerprint density at radius 1 is 1.00 bits per heavy atom. The van der Waals surface area contributed by atoms with Crippen LogP contribution in [0.4, 0.5) is 0 Å². The highest BCUT2D eigenvalue weighted by Gasteiger charge is 2.34. The normalized spacial score (nSPS) is 16.1. The molecule has 0 bridgehead atoms. The van der Waals surface area contributed by atoms with Gasteiger partial charge in [0.15, 0.2) is 0 Å². The molecule has 0 amide bonds. The van der Waals surface area contributed by atoms with Crippen molar-refractivity contribution >= 4 is 5.97 Å². The van der Waals surface area contributed by atoms with Crippen molar-refractivity contribution in [2.75, 3.05) is 13.2 Å². The lowest BCUT2D eigenvalue weighted by Gasteiger charge is -2.31. The topological polar surface area (TPSA) is 107 Å². The van der Waals surface area contributed by atoms with Gasteiger partial charge in [-0.2, -0.15) is 0 Å². The average Bonchev–Trinajstić information content (AvgIpc) is 2.58. The van der Waals surface area contributed by atoms with E-state index in [9.17, 15) is 15.0 Å². The van der Waals surface area contributed by atoms with Gasteiger partial charge in [0, 0.05) is 13.3 Å². The molecule has 2 unspecified atom stereocenters. The molecule has 0 aliphatic heterocycles. The number of hydrogen-bond acceptors (Lipinski definition) is 6. The molecule has 0 aliphatic carbocycles. The SMILES string of the molecule is CC(=O)OC(C/C(C)=C/CC/C(C)=C/CC/C(=C\CO)CO)C(O)C(C)(C)O. The molecule has 162 valence electrons. The van der Waals surface area contributed by atoms with Crippen LogP contribution >= 0.6 is 0 Å². The lowest BCUT2D eigenvalue weighted by molar-refractivity contribution is -0.163. The lowest BCUT2D eigenvalue weighted by atomic mass is 9.92. The maximum atomic E-state index is 11.3. The van der Waals surface area contributed by atoms with Crippen molar-refractivity contribution in [2.24, 2.45) is 0 Å². The van der Waals surface area contributed by atoms with Gasteiger partial charge >= 0.3 is 5.97 Å². The van der Waals surface area contributed by atoms with E-state index in [4.69, 9.17) is 14.9 Å². The number of hydrogen-bond donors (Lipinski definition) is 4. The van der Waals surface area contributed by atoms with Crippen molar-refractivity contribution in [3.63, 3.8) is 0 Å². The van der Waals surface area contributed by atoms with Crippen LogP contribution in [0, 0.1) is 0 Å². The molecular weight excluding hydrogens is 360 g/mol. The molecule has 0 aromatic carbocycles. The number of esters is 1. The van der Waals surface area contributed by atoms with Crippen molar-refractivity contribution < 1.29 is 30.0 Å². The molecule has 28 heavy (non-hydrogen) atoms. The molecule has 4 N–H and O–H groups in total. The summed E-state index contributed by atoms with van der Waals surface area (Å²) in [7, 11) is 0. The molecular formula is C22H38O6. The fraction of sp³-hybridized carbons (Fsp3) is 0.682. The van der Waals surface area contributed by atoms with Crippen molar-refractivity contribution in [3.05, 3.63) is 34.9 Å². The second kappa shape index (κ2) is 13.7. The molecule has 0 saturated heterocycles. The van der Waals surface area contributed by atoms with Crippen LogP contribution in [0.3, 0.4) is 0 Å². The summed E-state index contributed by atoms with van der Waals surface area (Å²) in [6.45, 7) is 8.14. The molecule has 0 heterocycles. The zero-order chi connectivity index (χ0) is 21.7. The maximum Gasteiger partial charge on any atom is 0.303 e. The summed E-state index contributed by atoms with van der Waals surface area (Å²) in [5, 5.41) is 38.3. The first-order valence-electron chi connectivity index (χ1n) is 9.79. The van der Waals surface area contributed by atoms with Gasteiger partial charge in [-0.15, -0.1) is 0 Å². The highest BCUT2D eigenvalue weighted by atomic mass is 16.6. The Morgan fingerprint density at radius 2 is 1.57 bits per heavy atom. The second-order valence-corrected chi connectivity index (χ2v) is 7.83. The van der Waals surface area contributed by atoms with E-state index in [0.717, 1.165) is 36.8 Å². The quantitative estimate of drug-likeness (QED) is 0.281. The summed E-state index contributed by atoms with van der Waals surface area (Å²) in [6.07, 6.45) is 7.45. The Hall–Kier alpha value is -1.47. The summed E-state index contributed by atoms with van der Waals surface area (Å²) in [6, 6.07) is 0. The Bertz CT molecular complexity index is 554. The highest BCUT2D eigenvalue weighted by molar-refractivity contribution is 5.66. The fourth-order valence-corrected chi connectivity index (χ4v) is 2.81. The zero-order valence-corrected chi connectivity index (χ0v) is 17.9. The van der Waals surface area contributed by atoms with Crippen LogP contribution in [0.15, 0.2) is 34.9 Å². The first-order valence-corrected chi connectivity index (χ1v) is 9.79. The van der Waals surface area contributed by atoms with Gasteiger partial charge in [-0.3, -0.25) is 4.79 Å². The first-order chi connectivity index (χ1) is 13.0. The minimum Gasteiger partial charge on any atom is -0.459 e. The first kappa shape index (κ1) is 26.5. The van der Waals surface area contributed by atoms with E-state index in [1.54, 1.807) is 6.08 Å². The Kier molecular flexibility index (Phi) is 12.9. The fourth-order valence-electron chi connectivity index (χ4n) is 2.81. The third kappa shape index (κ3) is 12.1. The largest absolute Gasteiger partial charge is 0.459 e. The van der Waals surface area contributed by atoms with Crippen LogP contribution in [-0.2, 0) is 9.53 Å². The standard InChI is InChI=1S/C22H38O6/c1-16(9-7-11-19(15-24)12-13-23)8-6-10-17(2)14-20(28-18(3)25)21(26)22(4,5)27/h9-10,12,20-21,23-24,26-27H,6-8,11,13-15H2,1-5H3/b16-9+,17-10+,19-12+. The van der Waals surface area contributed by atoms with Crippen LogP contribution in [0.2, 0.25) is 0 Å². The molecule has 0 spiro atoms. The van der Waals surface area contributed by atoms with Crippen LogP contribution in [-0.4, -0.2) is 57.4 Å². The van der Waals surface area contributed by atoms with Gasteiger partial charge in [-0.25, -0.2) is 0 Å². The van der Waals surface area contributed by atoms with E-state index in [1.165, 1.54) is 26.3 Å². The monoisotopic (exact) mass is 398 g/mol. The summed E-state index contributed by atoms with van der Waals surface area (Å²) in [5.74, 6) is -0.489. The van der Waals surface area contributed by atoms with Gasteiger partial charge in [-0.05, 0) is 59.0 Å². The van der Waals surface area contributed by atoms with Crippen LogP contribution in [0.5, 0.6) is 0 Å². The number of carbonyl (C=O) groups excluding carboxylic acids is 1. The van der Waals surface area contributed by atoms with E-state index in [0.29, 0.717) is 6.42 Å². The van der Waals surface area contributed by atoms with Gasteiger partial charge in [0.1, 0.15) is 12.2 Å². The minimum atomic E-state index is -1.36. The van der Waals surface area contributed by atoms with E-state index < -0.39 is 23.8 Å². The van der Waals surface area contributed by atoms with Gasteiger partial charge in [0.25, 0.3) is 0 Å². The smallest absolute Gasteiger partial charge is 0.303 e. The maximum absolute atomic E-state index is 11.3. The predicted molar refractivity (Wildman–Crippen MR) is 111 cm³/mol. The third-order valence-electron chi connectivity index (χ3n) is 4.49. The Balaban J connectivity index is 4.63. The summed E-state index contributed by atoms with van der Waals surface area (Å²) in [5.41, 5.74) is 1.69. The number of rotatable bonds is 13. The van der Waals surface area contributed by atoms with Crippen LogP contribution in [0.1, 0.15) is 66.7 Å². The molecule has 0 aromatic rings. The Morgan fingerprint density at radius 3 is 2.07 bits per heavy atom. The number of allylic oxidation sites excluding steroid dienone is 3. The predicted octanol–water partition coefficient (Wildman–Crippen LogP) is 2.80. The van der Waals surface area contributed by atoms with Crippen LogP contribution < -0.4 is 0 Å². The van der Waals surface area contributed by atoms with Crippen molar-refractivity contribution in [1.29, 1.82) is 0 Å². The van der Waals surface area contributed by atoms with Crippen molar-refractivity contribution in [3.8, 4) is 0 Å². The molecule has 6 heteroatoms. The summed E-state index contributed by atoms with van der Waals surface area (Å²) in [4.78, 5) is 11.3. The lowest BCUT2D eigenvalue weighted by Crippen LogP contribution is -2.46. The summed E-state index contributed by atoms with van der Waals surface area (Å²) >= 11 is 0.